The molecule has 0 unspecified atom stereocenters. The zero-order valence-electron chi connectivity index (χ0n) is 10.1. The van der Waals surface area contributed by atoms with Crippen molar-refractivity contribution in [2.24, 2.45) is 5.10 Å². The molecule has 2 aromatic rings. The van der Waals surface area contributed by atoms with E-state index in [-0.39, 0.29) is 5.56 Å². The van der Waals surface area contributed by atoms with Gasteiger partial charge in [0.25, 0.3) is 0 Å². The predicted octanol–water partition coefficient (Wildman–Crippen LogP) is 3.94. The third-order valence-corrected chi connectivity index (χ3v) is 3.74. The van der Waals surface area contributed by atoms with Gasteiger partial charge in [0.1, 0.15) is 0 Å². The molecule has 0 aliphatic carbocycles. The van der Waals surface area contributed by atoms with Gasteiger partial charge in [-0.05, 0) is 36.6 Å². The molecule has 98 valence electrons. The fourth-order valence-electron chi connectivity index (χ4n) is 1.43. The molecule has 4 nitrogen and oxygen atoms in total. The number of thiophene rings is 1. The molecule has 1 aromatic carbocycles. The monoisotopic (exact) mass is 294 g/mol. The predicted molar refractivity (Wildman–Crippen MR) is 78.6 cm³/mol. The van der Waals surface area contributed by atoms with E-state index in [9.17, 15) is 4.79 Å². The summed E-state index contributed by atoms with van der Waals surface area (Å²) in [6, 6.07) is 8.34. The van der Waals surface area contributed by atoms with Crippen LogP contribution in [0.3, 0.4) is 0 Å². The summed E-state index contributed by atoms with van der Waals surface area (Å²) in [5.74, 6) is -1.00. The molecule has 0 radical (unpaired) electrons. The van der Waals surface area contributed by atoms with E-state index in [1.54, 1.807) is 11.3 Å². The zero-order valence-corrected chi connectivity index (χ0v) is 11.6. The lowest BCUT2D eigenvalue weighted by molar-refractivity contribution is 0.0697. The summed E-state index contributed by atoms with van der Waals surface area (Å²) in [5, 5.41) is 15.5. The Bertz CT molecular complexity index is 624. The third-order valence-electron chi connectivity index (χ3n) is 2.44. The van der Waals surface area contributed by atoms with Crippen LogP contribution in [0.2, 0.25) is 5.02 Å². The molecule has 0 aliphatic heterocycles. The highest BCUT2D eigenvalue weighted by molar-refractivity contribution is 7.12. The average Bonchev–Trinajstić information content (AvgIpc) is 2.91. The minimum atomic E-state index is -1.00. The average molecular weight is 295 g/mol. The van der Waals surface area contributed by atoms with Crippen molar-refractivity contribution in [1.29, 1.82) is 0 Å². The van der Waals surface area contributed by atoms with Crippen LogP contribution in [0.1, 0.15) is 22.2 Å². The molecule has 0 bridgehead atoms. The quantitative estimate of drug-likeness (QED) is 0.663. The fraction of sp³-hybridized carbons (Fsp3) is 0.0769. The molecule has 0 saturated heterocycles. The number of anilines is 1. The first-order chi connectivity index (χ1) is 9.08. The Morgan fingerprint density at radius 1 is 1.42 bits per heavy atom. The Labute approximate surface area is 119 Å². The highest BCUT2D eigenvalue weighted by Crippen LogP contribution is 2.23. The molecule has 1 heterocycles. The van der Waals surface area contributed by atoms with Crippen LogP contribution >= 0.6 is 22.9 Å². The van der Waals surface area contributed by atoms with Gasteiger partial charge in [0.2, 0.25) is 0 Å². The maximum atomic E-state index is 10.9. The van der Waals surface area contributed by atoms with E-state index in [0.717, 1.165) is 10.6 Å². The summed E-state index contributed by atoms with van der Waals surface area (Å²) in [5.41, 5.74) is 4.24. The normalized spacial score (nSPS) is 11.4. The van der Waals surface area contributed by atoms with Gasteiger partial charge >= 0.3 is 5.97 Å². The van der Waals surface area contributed by atoms with E-state index >= 15 is 0 Å². The number of rotatable bonds is 4. The van der Waals surface area contributed by atoms with Crippen molar-refractivity contribution in [2.45, 2.75) is 6.92 Å². The van der Waals surface area contributed by atoms with Crippen molar-refractivity contribution < 1.29 is 9.90 Å². The number of hydrogen-bond acceptors (Lipinski definition) is 4. The van der Waals surface area contributed by atoms with E-state index in [1.165, 1.54) is 18.2 Å². The summed E-state index contributed by atoms with van der Waals surface area (Å²) in [6.07, 6.45) is 0. The van der Waals surface area contributed by atoms with Gasteiger partial charge in [-0.3, -0.25) is 5.43 Å². The van der Waals surface area contributed by atoms with Crippen LogP contribution < -0.4 is 5.43 Å². The smallest absolute Gasteiger partial charge is 0.335 e. The topological polar surface area (TPSA) is 61.7 Å². The van der Waals surface area contributed by atoms with E-state index in [4.69, 9.17) is 16.7 Å². The molecule has 0 atom stereocenters. The molecule has 0 saturated carbocycles. The fourth-order valence-corrected chi connectivity index (χ4v) is 2.26. The van der Waals surface area contributed by atoms with Crippen LogP contribution in [0.25, 0.3) is 0 Å². The lowest BCUT2D eigenvalue weighted by Gasteiger charge is -2.05. The molecule has 19 heavy (non-hydrogen) atoms. The lowest BCUT2D eigenvalue weighted by Crippen LogP contribution is -2.01. The maximum absolute atomic E-state index is 10.9. The Kier molecular flexibility index (Phi) is 4.19. The number of hydrogen-bond donors (Lipinski definition) is 2. The summed E-state index contributed by atoms with van der Waals surface area (Å²) >= 11 is 7.57. The standard InChI is InChI=1S/C13H11ClN2O2S/c1-8(12-3-2-6-19-12)15-16-11-7-9(13(17)18)4-5-10(11)14/h2-7,16H,1H3,(H,17,18)/b15-8-. The van der Waals surface area contributed by atoms with Crippen LogP contribution in [0, 0.1) is 0 Å². The van der Waals surface area contributed by atoms with Gasteiger partial charge < -0.3 is 5.11 Å². The van der Waals surface area contributed by atoms with Crippen LogP contribution in [0.4, 0.5) is 5.69 Å². The number of benzene rings is 1. The number of carboxylic acids is 1. The van der Waals surface area contributed by atoms with E-state index < -0.39 is 5.97 Å². The SMILES string of the molecule is C/C(=N/Nc1cc(C(=O)O)ccc1Cl)c1cccs1. The van der Waals surface area contributed by atoms with Gasteiger partial charge in [-0.15, -0.1) is 11.3 Å². The summed E-state index contributed by atoms with van der Waals surface area (Å²) < 4.78 is 0. The number of nitrogens with zero attached hydrogens (tertiary/aromatic N) is 1. The Hall–Kier alpha value is -1.85. The molecule has 0 aliphatic rings. The second kappa shape index (κ2) is 5.86. The molecule has 2 rings (SSSR count). The van der Waals surface area contributed by atoms with Gasteiger partial charge in [-0.25, -0.2) is 4.79 Å². The van der Waals surface area contributed by atoms with Gasteiger partial charge in [-0.2, -0.15) is 5.10 Å². The summed E-state index contributed by atoms with van der Waals surface area (Å²) in [4.78, 5) is 11.9. The van der Waals surface area contributed by atoms with Gasteiger partial charge in [0.15, 0.2) is 0 Å². The molecule has 6 heteroatoms. The van der Waals surface area contributed by atoms with Crippen molar-refractivity contribution in [3.63, 3.8) is 0 Å². The van der Waals surface area contributed by atoms with Crippen LogP contribution in [-0.4, -0.2) is 16.8 Å². The first-order valence-electron chi connectivity index (χ1n) is 5.45. The second-order valence-electron chi connectivity index (χ2n) is 3.79. The molecule has 0 amide bonds. The van der Waals surface area contributed by atoms with Crippen LogP contribution in [0.5, 0.6) is 0 Å². The van der Waals surface area contributed by atoms with E-state index in [1.807, 2.05) is 24.4 Å². The maximum Gasteiger partial charge on any atom is 0.335 e. The third kappa shape index (κ3) is 3.33. The zero-order chi connectivity index (χ0) is 13.8. The van der Waals surface area contributed by atoms with Gasteiger partial charge in [0, 0.05) is 4.88 Å². The first kappa shape index (κ1) is 13.6. The van der Waals surface area contributed by atoms with Crippen molar-refractivity contribution >= 4 is 40.3 Å². The second-order valence-corrected chi connectivity index (χ2v) is 5.14. The minimum absolute atomic E-state index is 0.163. The van der Waals surface area contributed by atoms with Crippen molar-refractivity contribution in [3.8, 4) is 0 Å². The number of carbonyl (C=O) groups is 1. The number of nitrogens with one attached hydrogen (secondary N) is 1. The number of carboxylic acid groups (broad SMARTS) is 1. The highest BCUT2D eigenvalue weighted by Gasteiger charge is 2.07. The number of hydrazone groups is 1. The molecule has 1 aromatic heterocycles. The van der Waals surface area contributed by atoms with E-state index in [2.05, 4.69) is 10.5 Å². The minimum Gasteiger partial charge on any atom is -0.478 e. The van der Waals surface area contributed by atoms with E-state index in [0.29, 0.717) is 10.7 Å². The van der Waals surface area contributed by atoms with Crippen LogP contribution in [0.15, 0.2) is 40.8 Å². The van der Waals surface area contributed by atoms with Crippen LogP contribution in [-0.2, 0) is 0 Å². The number of aromatic carboxylic acids is 1. The molecular formula is C13H11ClN2O2S. The number of halogens is 1. The van der Waals surface area contributed by atoms with Gasteiger partial charge in [0.05, 0.1) is 22.0 Å². The lowest BCUT2D eigenvalue weighted by atomic mass is 10.2. The first-order valence-corrected chi connectivity index (χ1v) is 6.70. The van der Waals surface area contributed by atoms with Gasteiger partial charge in [-0.1, -0.05) is 17.7 Å². The molecular weight excluding hydrogens is 284 g/mol. The Balaban J connectivity index is 2.21. The Morgan fingerprint density at radius 2 is 2.21 bits per heavy atom. The highest BCUT2D eigenvalue weighted by atomic mass is 35.5. The molecule has 2 N–H and O–H groups in total. The molecule has 0 spiro atoms. The Morgan fingerprint density at radius 3 is 2.84 bits per heavy atom. The largest absolute Gasteiger partial charge is 0.478 e. The molecule has 0 fully saturated rings. The van der Waals surface area contributed by atoms with Crippen molar-refractivity contribution in [1.82, 2.24) is 0 Å². The summed E-state index contributed by atoms with van der Waals surface area (Å²) in [7, 11) is 0. The summed E-state index contributed by atoms with van der Waals surface area (Å²) in [6.45, 7) is 1.87. The van der Waals surface area contributed by atoms with Crippen molar-refractivity contribution in [3.05, 3.63) is 51.2 Å². The van der Waals surface area contributed by atoms with Crippen molar-refractivity contribution in [2.75, 3.05) is 5.43 Å².